The third kappa shape index (κ3) is 5.53. The summed E-state index contributed by atoms with van der Waals surface area (Å²) in [5, 5.41) is 10.4. The highest BCUT2D eigenvalue weighted by atomic mass is 15.2. The van der Waals surface area contributed by atoms with Gasteiger partial charge in [0.15, 0.2) is 0 Å². The maximum Gasteiger partial charge on any atom is 0.253 e. The molecule has 17 rings (SSSR count). The lowest BCUT2D eigenvalue weighted by molar-refractivity contribution is 0.590. The van der Waals surface area contributed by atoms with E-state index in [2.05, 4.69) is 264 Å². The second-order valence-corrected chi connectivity index (χ2v) is 25.3. The Kier molecular flexibility index (Phi) is 8.19. The molecule has 0 atom stereocenters. The molecule has 0 bridgehead atoms. The Bertz CT molecular complexity index is 4850. The van der Waals surface area contributed by atoms with Crippen LogP contribution in [0.25, 0.3) is 110 Å². The lowest BCUT2D eigenvalue weighted by atomic mass is 9.32. The zero-order chi connectivity index (χ0) is 51.8. The molecule has 0 spiro atoms. The predicted molar refractivity (Wildman–Crippen MR) is 329 cm³/mol. The summed E-state index contributed by atoms with van der Waals surface area (Å²) in [6.45, 7) is 18.9. The fourth-order valence-corrected chi connectivity index (χ4v) is 15.0. The lowest BCUT2D eigenvalue weighted by Crippen LogP contribution is -2.61. The van der Waals surface area contributed by atoms with Crippen LogP contribution in [-0.2, 0) is 16.2 Å². The van der Waals surface area contributed by atoms with Crippen LogP contribution in [0.2, 0.25) is 0 Å². The molecule has 366 valence electrons. The fourth-order valence-electron chi connectivity index (χ4n) is 15.0. The molecule has 11 aromatic carbocycles. The number of anilines is 3. The van der Waals surface area contributed by atoms with E-state index >= 15 is 0 Å². The van der Waals surface area contributed by atoms with Gasteiger partial charge in [-0.15, -0.1) is 0 Å². The number of aromatic nitrogens is 2. The zero-order valence-electron chi connectivity index (χ0n) is 44.9. The summed E-state index contributed by atoms with van der Waals surface area (Å²) in [5.74, 6) is 0. The van der Waals surface area contributed by atoms with Gasteiger partial charge in [-0.3, -0.25) is 0 Å². The summed E-state index contributed by atoms with van der Waals surface area (Å²) in [6, 6.07) is 75.6. The first kappa shape index (κ1) is 43.6. The van der Waals surface area contributed by atoms with Gasteiger partial charge in [-0.1, -0.05) is 189 Å². The van der Waals surface area contributed by atoms with Crippen LogP contribution >= 0.6 is 0 Å². The number of fused-ring (bicyclic) bond motifs is 15. The zero-order valence-corrected chi connectivity index (χ0v) is 44.9. The van der Waals surface area contributed by atoms with Crippen molar-refractivity contribution in [2.45, 2.75) is 71.6 Å². The van der Waals surface area contributed by atoms with Gasteiger partial charge in [-0.05, 0) is 165 Å². The molecule has 0 saturated heterocycles. The van der Waals surface area contributed by atoms with Gasteiger partial charge in [0.05, 0.1) is 22.2 Å². The molecule has 77 heavy (non-hydrogen) atoms. The third-order valence-corrected chi connectivity index (χ3v) is 18.7. The van der Waals surface area contributed by atoms with Crippen LogP contribution in [0.15, 0.2) is 194 Å². The topological polar surface area (TPSA) is 13.1 Å². The number of rotatable bonds is 2. The van der Waals surface area contributed by atoms with Gasteiger partial charge in [0.25, 0.3) is 6.71 Å². The molecule has 0 unspecified atom stereocenters. The Morgan fingerprint density at radius 1 is 0.390 bits per heavy atom. The van der Waals surface area contributed by atoms with Crippen LogP contribution in [0, 0.1) is 0 Å². The summed E-state index contributed by atoms with van der Waals surface area (Å²) in [5.41, 5.74) is 28.3. The van der Waals surface area contributed by atoms with Crippen molar-refractivity contribution in [2.75, 3.05) is 4.90 Å². The smallest absolute Gasteiger partial charge is 0.253 e. The van der Waals surface area contributed by atoms with E-state index in [0.717, 1.165) is 11.4 Å². The largest absolute Gasteiger partial charge is 0.311 e. The highest BCUT2D eigenvalue weighted by Crippen LogP contribution is 2.54. The van der Waals surface area contributed by atoms with Gasteiger partial charge in [-0.25, -0.2) is 0 Å². The fraction of sp³-hybridized carbons (Fsp3) is 0.151. The minimum Gasteiger partial charge on any atom is -0.311 e. The monoisotopic (exact) mass is 985 g/mol. The molecule has 3 nitrogen and oxygen atoms in total. The average Bonchev–Trinajstić information content (AvgIpc) is 4.16. The molecule has 2 aliphatic heterocycles. The molecule has 0 fully saturated rings. The van der Waals surface area contributed by atoms with E-state index in [4.69, 9.17) is 0 Å². The van der Waals surface area contributed by atoms with Crippen molar-refractivity contribution >= 4 is 105 Å². The predicted octanol–water partition coefficient (Wildman–Crippen LogP) is 17.3. The normalized spacial score (nSPS) is 14.5. The summed E-state index contributed by atoms with van der Waals surface area (Å²) in [4.78, 5) is 2.63. The Morgan fingerprint density at radius 2 is 1.01 bits per heavy atom. The maximum absolute atomic E-state index is 2.71. The first-order valence-corrected chi connectivity index (χ1v) is 27.7. The average molecular weight is 986 g/mol. The van der Waals surface area contributed by atoms with E-state index in [1.807, 2.05) is 0 Å². The Labute approximate surface area is 449 Å². The first-order chi connectivity index (χ1) is 37.2. The van der Waals surface area contributed by atoms with E-state index in [9.17, 15) is 0 Å². The summed E-state index contributed by atoms with van der Waals surface area (Å²) in [7, 11) is 0. The Hall–Kier alpha value is -8.60. The van der Waals surface area contributed by atoms with Crippen LogP contribution in [-0.4, -0.2) is 15.8 Å². The molecule has 4 heterocycles. The second-order valence-electron chi connectivity index (χ2n) is 25.3. The van der Waals surface area contributed by atoms with E-state index in [-0.39, 0.29) is 23.0 Å². The van der Waals surface area contributed by atoms with Crippen LogP contribution in [0.3, 0.4) is 0 Å². The molecule has 0 N–H and O–H groups in total. The summed E-state index contributed by atoms with van der Waals surface area (Å²) < 4.78 is 5.32. The van der Waals surface area contributed by atoms with Gasteiger partial charge in [-0.2, -0.15) is 0 Å². The van der Waals surface area contributed by atoms with Crippen LogP contribution in [0.4, 0.5) is 17.1 Å². The van der Waals surface area contributed by atoms with E-state index in [1.165, 1.54) is 154 Å². The number of benzene rings is 11. The van der Waals surface area contributed by atoms with Crippen LogP contribution in [0.1, 0.15) is 77.6 Å². The van der Waals surface area contributed by atoms with Gasteiger partial charge < -0.3 is 14.0 Å². The SMILES string of the molecule is CC(C)(C)c1ccc(N2c3ccc(C(C)(C)C)cc3B3c4c2cc(-n2c5cccc6c5c5c7c(cccc7ccc52)-c2ccccc2-6)cc4-n2c4cc5ccccc5cc4c4cc5c(c3c42)-c2ccccc2C5(C)C)cc1. The molecule has 0 amide bonds. The minimum absolute atomic E-state index is 0.00577. The molecular formula is C73H56BN3. The molecule has 0 saturated carbocycles. The van der Waals surface area contributed by atoms with Crippen molar-refractivity contribution in [3.05, 3.63) is 216 Å². The quantitative estimate of drug-likeness (QED) is 0.157. The molecular weight excluding hydrogens is 930 g/mol. The van der Waals surface area contributed by atoms with Gasteiger partial charge in [0, 0.05) is 55.2 Å². The van der Waals surface area contributed by atoms with E-state index < -0.39 is 0 Å². The van der Waals surface area contributed by atoms with Crippen molar-refractivity contribution in [1.29, 1.82) is 0 Å². The molecule has 13 aromatic rings. The van der Waals surface area contributed by atoms with Crippen LogP contribution < -0.4 is 21.3 Å². The molecule has 2 aliphatic carbocycles. The van der Waals surface area contributed by atoms with Crippen molar-refractivity contribution in [3.63, 3.8) is 0 Å². The lowest BCUT2D eigenvalue weighted by Gasteiger charge is -2.42. The van der Waals surface area contributed by atoms with Crippen molar-refractivity contribution in [3.8, 4) is 44.8 Å². The Morgan fingerprint density at radius 3 is 1.77 bits per heavy atom. The Balaban J connectivity index is 1.09. The molecule has 4 heteroatoms. The molecule has 4 aliphatic rings. The summed E-state index contributed by atoms with van der Waals surface area (Å²) >= 11 is 0. The van der Waals surface area contributed by atoms with E-state index in [1.54, 1.807) is 0 Å². The van der Waals surface area contributed by atoms with Gasteiger partial charge >= 0.3 is 0 Å². The highest BCUT2D eigenvalue weighted by molar-refractivity contribution is 7.01. The third-order valence-electron chi connectivity index (χ3n) is 18.7. The number of hydrogen-bond donors (Lipinski definition) is 0. The van der Waals surface area contributed by atoms with Crippen LogP contribution in [0.5, 0.6) is 0 Å². The maximum atomic E-state index is 2.71. The standard InChI is InChI=1S/C73H56BN3/c1-71(2,3)44-28-31-46(32-29-44)75-58-34-30-45(72(4,5)6)37-57(58)74-68-62(75)38-47(76-59-26-16-24-51-49-21-12-11-20-48(49)50-23-15-19-41-27-33-60(76)67(64(41)50)66(51)59)39-63(68)77-61-36-43-18-10-9-17-42(43)35-53(61)54-40-56-65(69(74)70(54)77)52-22-13-14-25-55(52)73(56,7)8/h9-40H,1-8H3. The van der Waals surface area contributed by atoms with Gasteiger partial charge in [0.2, 0.25) is 0 Å². The van der Waals surface area contributed by atoms with Crippen molar-refractivity contribution in [1.82, 2.24) is 9.13 Å². The van der Waals surface area contributed by atoms with Crippen molar-refractivity contribution in [2.24, 2.45) is 0 Å². The minimum atomic E-state index is -0.205. The number of hydrogen-bond acceptors (Lipinski definition) is 1. The van der Waals surface area contributed by atoms with Crippen molar-refractivity contribution < 1.29 is 0 Å². The summed E-state index contributed by atoms with van der Waals surface area (Å²) in [6.07, 6.45) is 0. The van der Waals surface area contributed by atoms with Gasteiger partial charge in [0.1, 0.15) is 0 Å². The molecule has 2 aromatic heterocycles. The van der Waals surface area contributed by atoms with E-state index in [0.29, 0.717) is 0 Å². The highest BCUT2D eigenvalue weighted by Gasteiger charge is 2.48. The first-order valence-electron chi connectivity index (χ1n) is 27.7. The second kappa shape index (κ2) is 14.5. The number of nitrogens with zero attached hydrogens (tertiary/aromatic N) is 3. The molecule has 0 radical (unpaired) electrons.